The lowest BCUT2D eigenvalue weighted by Crippen LogP contribution is -2.12. The molecule has 0 amide bonds. The van der Waals surface area contributed by atoms with Crippen molar-refractivity contribution in [2.75, 3.05) is 17.6 Å². The Labute approximate surface area is 122 Å². The summed E-state index contributed by atoms with van der Waals surface area (Å²) in [4.78, 5) is 9.44. The van der Waals surface area contributed by atoms with Gasteiger partial charge >= 0.3 is 0 Å². The topological polar surface area (TPSA) is 37.8 Å². The Kier molecular flexibility index (Phi) is 5.30. The number of aryl methyl sites for hydroxylation is 1. The average Bonchev–Trinajstić information content (AvgIpc) is 2.42. The van der Waals surface area contributed by atoms with E-state index in [1.54, 1.807) is 0 Å². The minimum absolute atomic E-state index is 0.481. The second-order valence-electron chi connectivity index (χ2n) is 4.43. The minimum atomic E-state index is 0.481. The van der Waals surface area contributed by atoms with Crippen LogP contribution >= 0.6 is 27.7 Å². The fourth-order valence-electron chi connectivity index (χ4n) is 2.12. The van der Waals surface area contributed by atoms with Gasteiger partial charge < -0.3 is 5.32 Å². The second kappa shape index (κ2) is 6.75. The monoisotopic (exact) mass is 329 g/mol. The van der Waals surface area contributed by atoms with Gasteiger partial charge in [0.05, 0.1) is 15.4 Å². The number of hydrogen-bond acceptors (Lipinski definition) is 4. The molecule has 0 saturated carbocycles. The quantitative estimate of drug-likeness (QED) is 0.898. The van der Waals surface area contributed by atoms with E-state index in [-0.39, 0.29) is 0 Å². The van der Waals surface area contributed by atoms with Crippen molar-refractivity contribution in [1.29, 1.82) is 0 Å². The maximum atomic E-state index is 4.74. The van der Waals surface area contributed by atoms with Crippen LogP contribution in [-0.4, -0.2) is 22.3 Å². The number of rotatable bonds is 4. The summed E-state index contributed by atoms with van der Waals surface area (Å²) in [6, 6.07) is 0. The molecular weight excluding hydrogens is 310 g/mol. The lowest BCUT2D eigenvalue weighted by Gasteiger charge is -2.21. The van der Waals surface area contributed by atoms with Crippen molar-refractivity contribution in [2.24, 2.45) is 0 Å². The van der Waals surface area contributed by atoms with Crippen molar-refractivity contribution >= 4 is 33.5 Å². The highest BCUT2D eigenvalue weighted by Crippen LogP contribution is 2.38. The SMILES string of the molecule is CCNc1nc(C2CCCCS2)nc(CC)c1Br. The predicted molar refractivity (Wildman–Crippen MR) is 82.3 cm³/mol. The molecule has 0 bridgehead atoms. The van der Waals surface area contributed by atoms with Crippen LogP contribution in [0.25, 0.3) is 0 Å². The molecule has 0 aliphatic carbocycles. The van der Waals surface area contributed by atoms with Crippen molar-refractivity contribution in [3.63, 3.8) is 0 Å². The summed E-state index contributed by atoms with van der Waals surface area (Å²) in [5.74, 6) is 3.20. The standard InChI is InChI=1S/C13H20BrN3S/c1-3-9-11(14)13(15-4-2)17-12(16-9)10-7-5-6-8-18-10/h10H,3-8H2,1-2H3,(H,15,16,17). The molecule has 100 valence electrons. The van der Waals surface area contributed by atoms with Gasteiger partial charge in [0.25, 0.3) is 0 Å². The zero-order chi connectivity index (χ0) is 13.0. The van der Waals surface area contributed by atoms with Crippen LogP contribution in [-0.2, 0) is 6.42 Å². The van der Waals surface area contributed by atoms with Crippen LogP contribution in [0.4, 0.5) is 5.82 Å². The Bertz CT molecular complexity index is 405. The van der Waals surface area contributed by atoms with E-state index < -0.39 is 0 Å². The normalized spacial score (nSPS) is 19.8. The van der Waals surface area contributed by atoms with Gasteiger partial charge in [-0.3, -0.25) is 0 Å². The van der Waals surface area contributed by atoms with E-state index in [2.05, 4.69) is 35.1 Å². The minimum Gasteiger partial charge on any atom is -0.369 e. The van der Waals surface area contributed by atoms with Crippen LogP contribution in [0, 0.1) is 0 Å². The molecule has 1 atom stereocenters. The lowest BCUT2D eigenvalue weighted by atomic mass is 10.1. The van der Waals surface area contributed by atoms with E-state index in [1.165, 1.54) is 25.0 Å². The second-order valence-corrected chi connectivity index (χ2v) is 6.53. The summed E-state index contributed by atoms with van der Waals surface area (Å²) in [6.45, 7) is 5.12. The van der Waals surface area contributed by atoms with Crippen LogP contribution in [0.2, 0.25) is 0 Å². The third kappa shape index (κ3) is 3.18. The average molecular weight is 330 g/mol. The first kappa shape index (κ1) is 14.1. The van der Waals surface area contributed by atoms with Crippen LogP contribution < -0.4 is 5.32 Å². The number of halogens is 1. The summed E-state index contributed by atoms with van der Waals surface area (Å²) >= 11 is 5.61. The molecule has 2 heterocycles. The maximum absolute atomic E-state index is 4.74. The van der Waals surface area contributed by atoms with Crippen molar-refractivity contribution in [2.45, 2.75) is 44.8 Å². The van der Waals surface area contributed by atoms with Crippen LogP contribution in [0.15, 0.2) is 4.47 Å². The number of hydrogen-bond donors (Lipinski definition) is 1. The molecule has 0 radical (unpaired) electrons. The largest absolute Gasteiger partial charge is 0.369 e. The molecule has 1 fully saturated rings. The Morgan fingerprint density at radius 1 is 1.33 bits per heavy atom. The van der Waals surface area contributed by atoms with E-state index in [4.69, 9.17) is 9.97 Å². The van der Waals surface area contributed by atoms with Gasteiger partial charge in [0, 0.05) is 6.54 Å². The van der Waals surface area contributed by atoms with Crippen LogP contribution in [0.5, 0.6) is 0 Å². The molecule has 1 aromatic rings. The molecule has 1 unspecified atom stereocenters. The zero-order valence-electron chi connectivity index (χ0n) is 11.0. The van der Waals surface area contributed by atoms with E-state index >= 15 is 0 Å². The Morgan fingerprint density at radius 2 is 2.17 bits per heavy atom. The van der Waals surface area contributed by atoms with Gasteiger partial charge in [-0.2, -0.15) is 11.8 Å². The van der Waals surface area contributed by atoms with E-state index in [0.717, 1.165) is 34.8 Å². The Balaban J connectivity index is 2.31. The molecule has 0 spiro atoms. The molecule has 1 aliphatic rings. The number of anilines is 1. The highest BCUT2D eigenvalue weighted by molar-refractivity contribution is 9.10. The molecule has 1 N–H and O–H groups in total. The van der Waals surface area contributed by atoms with Gasteiger partial charge in [0.1, 0.15) is 11.6 Å². The molecule has 0 aromatic carbocycles. The summed E-state index contributed by atoms with van der Waals surface area (Å²) < 4.78 is 1.02. The van der Waals surface area contributed by atoms with Crippen LogP contribution in [0.3, 0.4) is 0 Å². The Morgan fingerprint density at radius 3 is 2.78 bits per heavy atom. The number of nitrogens with one attached hydrogen (secondary N) is 1. The van der Waals surface area contributed by atoms with E-state index in [9.17, 15) is 0 Å². The van der Waals surface area contributed by atoms with Crippen molar-refractivity contribution < 1.29 is 0 Å². The van der Waals surface area contributed by atoms with Crippen molar-refractivity contribution in [1.82, 2.24) is 9.97 Å². The predicted octanol–water partition coefficient (Wildman–Crippen LogP) is 4.19. The summed E-state index contributed by atoms with van der Waals surface area (Å²) in [5, 5.41) is 3.80. The van der Waals surface area contributed by atoms with E-state index in [0.29, 0.717) is 5.25 Å². The number of aromatic nitrogens is 2. The molecule has 5 heteroatoms. The van der Waals surface area contributed by atoms with Gasteiger partial charge in [-0.25, -0.2) is 9.97 Å². The van der Waals surface area contributed by atoms with E-state index in [1.807, 2.05) is 11.8 Å². The molecular formula is C13H20BrN3S. The summed E-state index contributed by atoms with van der Waals surface area (Å²) in [6.07, 6.45) is 4.78. The van der Waals surface area contributed by atoms with Gasteiger partial charge in [-0.15, -0.1) is 0 Å². The van der Waals surface area contributed by atoms with Crippen LogP contribution in [0.1, 0.15) is 49.9 Å². The first-order chi connectivity index (χ1) is 8.76. The van der Waals surface area contributed by atoms with Gasteiger partial charge in [-0.05, 0) is 47.9 Å². The fraction of sp³-hybridized carbons (Fsp3) is 0.692. The molecule has 1 saturated heterocycles. The van der Waals surface area contributed by atoms with Gasteiger partial charge in [0.15, 0.2) is 0 Å². The molecule has 1 aliphatic heterocycles. The zero-order valence-corrected chi connectivity index (χ0v) is 13.4. The van der Waals surface area contributed by atoms with Crippen molar-refractivity contribution in [3.05, 3.63) is 16.0 Å². The first-order valence-electron chi connectivity index (χ1n) is 6.68. The highest BCUT2D eigenvalue weighted by atomic mass is 79.9. The summed E-state index contributed by atoms with van der Waals surface area (Å²) in [5.41, 5.74) is 1.11. The molecule has 18 heavy (non-hydrogen) atoms. The third-order valence-corrected chi connectivity index (χ3v) is 5.29. The van der Waals surface area contributed by atoms with Gasteiger partial charge in [-0.1, -0.05) is 13.3 Å². The Hall–Kier alpha value is -0.290. The number of thioether (sulfide) groups is 1. The van der Waals surface area contributed by atoms with Gasteiger partial charge in [0.2, 0.25) is 0 Å². The highest BCUT2D eigenvalue weighted by Gasteiger charge is 2.21. The molecule has 3 nitrogen and oxygen atoms in total. The smallest absolute Gasteiger partial charge is 0.144 e. The molecule has 1 aromatic heterocycles. The number of nitrogens with zero attached hydrogens (tertiary/aromatic N) is 2. The summed E-state index contributed by atoms with van der Waals surface area (Å²) in [7, 11) is 0. The lowest BCUT2D eigenvalue weighted by molar-refractivity contribution is 0.658. The first-order valence-corrected chi connectivity index (χ1v) is 8.52. The maximum Gasteiger partial charge on any atom is 0.144 e. The van der Waals surface area contributed by atoms with Crippen molar-refractivity contribution in [3.8, 4) is 0 Å². The fourth-order valence-corrected chi connectivity index (χ4v) is 3.96. The molecule has 2 rings (SSSR count). The third-order valence-electron chi connectivity index (χ3n) is 3.08.